The summed E-state index contributed by atoms with van der Waals surface area (Å²) in [5, 5.41) is 4.25. The molecule has 0 bridgehead atoms. The molecule has 0 radical (unpaired) electrons. The maximum Gasteiger partial charge on any atom is 0.244 e. The average Bonchev–Trinajstić information content (AvgIpc) is 2.81. The smallest absolute Gasteiger partial charge is 0.244 e. The van der Waals surface area contributed by atoms with Gasteiger partial charge in [-0.05, 0) is 45.3 Å². The van der Waals surface area contributed by atoms with Crippen LogP contribution >= 0.6 is 11.8 Å². The van der Waals surface area contributed by atoms with Crippen molar-refractivity contribution in [2.45, 2.75) is 62.0 Å². The van der Waals surface area contributed by atoms with Gasteiger partial charge in [-0.1, -0.05) is 0 Å². The summed E-state index contributed by atoms with van der Waals surface area (Å²) in [4.78, 5) is 14.5. The van der Waals surface area contributed by atoms with E-state index in [0.717, 1.165) is 18.1 Å². The molecule has 2 saturated carbocycles. The molecule has 3 rings (SSSR count). The standard InChI is InChI=1S/C12H20N2OS/c1-8-13-12(5-6-12)11(15)14(8)9-3-4-10(7-9)16-2/h8-10,13H,3-7H2,1-2H3. The number of rotatable bonds is 2. The molecule has 1 heterocycles. The fourth-order valence-electron chi connectivity index (χ4n) is 3.30. The zero-order valence-electron chi connectivity index (χ0n) is 10.0. The van der Waals surface area contributed by atoms with E-state index in [1.54, 1.807) is 0 Å². The van der Waals surface area contributed by atoms with Gasteiger partial charge in [0.15, 0.2) is 0 Å². The number of carbonyl (C=O) groups is 1. The summed E-state index contributed by atoms with van der Waals surface area (Å²) in [5.74, 6) is 0.381. The monoisotopic (exact) mass is 240 g/mol. The molecule has 1 amide bonds. The molecule has 1 saturated heterocycles. The van der Waals surface area contributed by atoms with E-state index in [0.29, 0.717) is 11.9 Å². The number of nitrogens with zero attached hydrogens (tertiary/aromatic N) is 1. The van der Waals surface area contributed by atoms with Gasteiger partial charge in [-0.3, -0.25) is 10.1 Å². The molecule has 3 unspecified atom stereocenters. The lowest BCUT2D eigenvalue weighted by molar-refractivity contribution is -0.132. The molecular weight excluding hydrogens is 220 g/mol. The van der Waals surface area contributed by atoms with E-state index in [1.807, 2.05) is 11.8 Å². The highest BCUT2D eigenvalue weighted by Crippen LogP contribution is 2.44. The van der Waals surface area contributed by atoms with Crippen LogP contribution in [0.25, 0.3) is 0 Å². The third-order valence-electron chi connectivity index (χ3n) is 4.38. The van der Waals surface area contributed by atoms with Gasteiger partial charge in [0.1, 0.15) is 0 Å². The van der Waals surface area contributed by atoms with E-state index < -0.39 is 0 Å². The predicted molar refractivity (Wildman–Crippen MR) is 66.4 cm³/mol. The van der Waals surface area contributed by atoms with Gasteiger partial charge in [-0.25, -0.2) is 0 Å². The normalized spacial score (nSPS) is 41.0. The van der Waals surface area contributed by atoms with Gasteiger partial charge < -0.3 is 4.90 Å². The Morgan fingerprint density at radius 2 is 2.19 bits per heavy atom. The van der Waals surface area contributed by atoms with Gasteiger partial charge in [0.25, 0.3) is 0 Å². The first-order valence-electron chi connectivity index (χ1n) is 6.29. The third-order valence-corrected chi connectivity index (χ3v) is 5.47. The van der Waals surface area contributed by atoms with Crippen LogP contribution in [0.1, 0.15) is 39.0 Å². The van der Waals surface area contributed by atoms with Crippen molar-refractivity contribution < 1.29 is 4.79 Å². The molecule has 90 valence electrons. The van der Waals surface area contributed by atoms with Crippen LogP contribution in [0.3, 0.4) is 0 Å². The van der Waals surface area contributed by atoms with Crippen LogP contribution in [0.5, 0.6) is 0 Å². The van der Waals surface area contributed by atoms with Crippen LogP contribution < -0.4 is 5.32 Å². The SMILES string of the molecule is CSC1CCC(N2C(=O)C3(CC3)NC2C)C1. The van der Waals surface area contributed by atoms with Crippen molar-refractivity contribution in [2.24, 2.45) is 0 Å². The van der Waals surface area contributed by atoms with Crippen molar-refractivity contribution in [1.82, 2.24) is 10.2 Å². The Morgan fingerprint density at radius 1 is 1.44 bits per heavy atom. The van der Waals surface area contributed by atoms with Crippen molar-refractivity contribution in [2.75, 3.05) is 6.26 Å². The first-order valence-corrected chi connectivity index (χ1v) is 7.58. The summed E-state index contributed by atoms with van der Waals surface area (Å²) in [7, 11) is 0. The number of nitrogens with one attached hydrogen (secondary N) is 1. The summed E-state index contributed by atoms with van der Waals surface area (Å²) in [6.07, 6.45) is 8.18. The summed E-state index contributed by atoms with van der Waals surface area (Å²) in [6.45, 7) is 2.14. The fraction of sp³-hybridized carbons (Fsp3) is 0.917. The van der Waals surface area contributed by atoms with Crippen LogP contribution in [-0.4, -0.2) is 40.1 Å². The van der Waals surface area contributed by atoms with Crippen LogP contribution in [0.4, 0.5) is 0 Å². The van der Waals surface area contributed by atoms with E-state index in [-0.39, 0.29) is 11.7 Å². The maximum absolute atomic E-state index is 12.3. The summed E-state index contributed by atoms with van der Waals surface area (Å²) in [6, 6.07) is 0.493. The lowest BCUT2D eigenvalue weighted by atomic mass is 10.2. The minimum atomic E-state index is -0.128. The zero-order chi connectivity index (χ0) is 11.3. The molecule has 16 heavy (non-hydrogen) atoms. The molecule has 0 aromatic carbocycles. The molecule has 1 spiro atoms. The average molecular weight is 240 g/mol. The number of carbonyl (C=O) groups excluding carboxylic acids is 1. The quantitative estimate of drug-likeness (QED) is 0.795. The highest BCUT2D eigenvalue weighted by molar-refractivity contribution is 7.99. The minimum absolute atomic E-state index is 0.128. The number of amides is 1. The lowest BCUT2D eigenvalue weighted by Crippen LogP contribution is -2.42. The van der Waals surface area contributed by atoms with Crippen LogP contribution in [-0.2, 0) is 4.79 Å². The molecule has 3 atom stereocenters. The highest BCUT2D eigenvalue weighted by Gasteiger charge is 2.59. The second-order valence-electron chi connectivity index (χ2n) is 5.44. The first-order chi connectivity index (χ1) is 7.66. The Kier molecular flexibility index (Phi) is 2.48. The van der Waals surface area contributed by atoms with Gasteiger partial charge >= 0.3 is 0 Å². The molecule has 1 aliphatic heterocycles. The van der Waals surface area contributed by atoms with Crippen LogP contribution in [0, 0.1) is 0 Å². The lowest BCUT2D eigenvalue weighted by Gasteiger charge is -2.28. The van der Waals surface area contributed by atoms with Crippen molar-refractivity contribution in [3.63, 3.8) is 0 Å². The largest absolute Gasteiger partial charge is 0.323 e. The van der Waals surface area contributed by atoms with Crippen molar-refractivity contribution >= 4 is 17.7 Å². The fourth-order valence-corrected chi connectivity index (χ4v) is 4.09. The first kappa shape index (κ1) is 10.9. The Bertz CT molecular complexity index is 316. The number of hydrogen-bond acceptors (Lipinski definition) is 3. The van der Waals surface area contributed by atoms with Gasteiger partial charge in [-0.15, -0.1) is 0 Å². The molecule has 3 fully saturated rings. The van der Waals surface area contributed by atoms with Gasteiger partial charge in [0.05, 0.1) is 11.7 Å². The Morgan fingerprint density at radius 3 is 2.69 bits per heavy atom. The predicted octanol–water partition coefficient (Wildman–Crippen LogP) is 1.58. The second-order valence-corrected chi connectivity index (χ2v) is 6.58. The molecule has 2 aliphatic carbocycles. The van der Waals surface area contributed by atoms with E-state index in [9.17, 15) is 4.79 Å². The molecule has 4 heteroatoms. The molecule has 1 N–H and O–H groups in total. The highest BCUT2D eigenvalue weighted by atomic mass is 32.2. The van der Waals surface area contributed by atoms with Crippen molar-refractivity contribution in [3.8, 4) is 0 Å². The van der Waals surface area contributed by atoms with Gasteiger partial charge in [-0.2, -0.15) is 11.8 Å². The van der Waals surface area contributed by atoms with Crippen molar-refractivity contribution in [3.05, 3.63) is 0 Å². The van der Waals surface area contributed by atoms with Gasteiger partial charge in [0, 0.05) is 11.3 Å². The van der Waals surface area contributed by atoms with E-state index in [4.69, 9.17) is 0 Å². The van der Waals surface area contributed by atoms with Crippen LogP contribution in [0.15, 0.2) is 0 Å². The minimum Gasteiger partial charge on any atom is -0.323 e. The molecule has 0 aromatic rings. The molecule has 3 nitrogen and oxygen atoms in total. The Balaban J connectivity index is 1.73. The van der Waals surface area contributed by atoms with Crippen molar-refractivity contribution in [1.29, 1.82) is 0 Å². The van der Waals surface area contributed by atoms with E-state index in [2.05, 4.69) is 23.4 Å². The third kappa shape index (κ3) is 1.50. The summed E-state index contributed by atoms with van der Waals surface area (Å²) >= 11 is 1.95. The van der Waals surface area contributed by atoms with E-state index in [1.165, 1.54) is 19.3 Å². The molecule has 0 aromatic heterocycles. The zero-order valence-corrected chi connectivity index (χ0v) is 10.8. The molecular formula is C12H20N2OS. The second kappa shape index (κ2) is 3.64. The number of thioether (sulfide) groups is 1. The maximum atomic E-state index is 12.3. The van der Waals surface area contributed by atoms with E-state index >= 15 is 0 Å². The van der Waals surface area contributed by atoms with Gasteiger partial charge in [0.2, 0.25) is 5.91 Å². The van der Waals surface area contributed by atoms with Crippen LogP contribution in [0.2, 0.25) is 0 Å². The Labute approximate surface area is 101 Å². The number of hydrogen-bond donors (Lipinski definition) is 1. The molecule has 3 aliphatic rings. The Hall–Kier alpha value is -0.220. The summed E-state index contributed by atoms with van der Waals surface area (Å²) in [5.41, 5.74) is -0.128. The topological polar surface area (TPSA) is 32.3 Å². The summed E-state index contributed by atoms with van der Waals surface area (Å²) < 4.78 is 0.